The number of carbonyl (C=O) groups excluding carboxylic acids is 1. The van der Waals surface area contributed by atoms with Crippen LogP contribution in [0, 0.1) is 18.8 Å². The lowest BCUT2D eigenvalue weighted by atomic mass is 9.95. The number of pyridine rings is 1. The van der Waals surface area contributed by atoms with E-state index in [1.807, 2.05) is 26.1 Å². The summed E-state index contributed by atoms with van der Waals surface area (Å²) in [5, 5.41) is 3.22. The molecule has 2 aliphatic carbocycles. The maximum atomic E-state index is 12.3. The zero-order chi connectivity index (χ0) is 14.1. The fraction of sp³-hybridized carbons (Fsp3) is 0.625. The Kier molecular flexibility index (Phi) is 3.64. The monoisotopic (exact) mass is 273 g/mol. The SMILES string of the molecule is Cc1cc(CN(C)C(=O)N[C@@H]2C[C@H]3CC[C@@H]2C3)ccn1. The largest absolute Gasteiger partial charge is 0.335 e. The molecule has 2 bridgehead atoms. The first-order valence-electron chi connectivity index (χ1n) is 7.55. The summed E-state index contributed by atoms with van der Waals surface area (Å²) in [7, 11) is 1.86. The van der Waals surface area contributed by atoms with Crippen LogP contribution in [0.25, 0.3) is 0 Å². The highest BCUT2D eigenvalue weighted by Crippen LogP contribution is 2.44. The van der Waals surface area contributed by atoms with Crippen molar-refractivity contribution in [3.05, 3.63) is 29.6 Å². The summed E-state index contributed by atoms with van der Waals surface area (Å²) in [6.07, 6.45) is 6.95. The maximum Gasteiger partial charge on any atom is 0.317 e. The van der Waals surface area contributed by atoms with Crippen LogP contribution >= 0.6 is 0 Å². The zero-order valence-corrected chi connectivity index (χ0v) is 12.3. The molecule has 0 spiro atoms. The molecular weight excluding hydrogens is 250 g/mol. The second-order valence-corrected chi connectivity index (χ2v) is 6.39. The number of nitrogens with zero attached hydrogens (tertiary/aromatic N) is 2. The van der Waals surface area contributed by atoms with E-state index >= 15 is 0 Å². The molecule has 3 atom stereocenters. The predicted molar refractivity (Wildman–Crippen MR) is 78.2 cm³/mol. The molecule has 0 aliphatic heterocycles. The third-order valence-corrected chi connectivity index (χ3v) is 4.77. The molecule has 20 heavy (non-hydrogen) atoms. The van der Waals surface area contributed by atoms with Gasteiger partial charge in [-0.3, -0.25) is 4.98 Å². The molecule has 2 amide bonds. The number of aromatic nitrogens is 1. The van der Waals surface area contributed by atoms with Gasteiger partial charge >= 0.3 is 6.03 Å². The van der Waals surface area contributed by atoms with Crippen molar-refractivity contribution in [1.82, 2.24) is 15.2 Å². The number of nitrogens with one attached hydrogen (secondary N) is 1. The van der Waals surface area contributed by atoms with Crippen molar-refractivity contribution in [1.29, 1.82) is 0 Å². The fourth-order valence-electron chi connectivity index (χ4n) is 3.74. The van der Waals surface area contributed by atoms with E-state index in [1.165, 1.54) is 25.7 Å². The summed E-state index contributed by atoms with van der Waals surface area (Å²) >= 11 is 0. The normalized spacial score (nSPS) is 27.6. The summed E-state index contributed by atoms with van der Waals surface area (Å²) in [6.45, 7) is 2.61. The summed E-state index contributed by atoms with van der Waals surface area (Å²) in [5.74, 6) is 1.58. The first-order chi connectivity index (χ1) is 9.61. The van der Waals surface area contributed by atoms with Gasteiger partial charge in [0.1, 0.15) is 0 Å². The Morgan fingerprint density at radius 3 is 2.95 bits per heavy atom. The first-order valence-corrected chi connectivity index (χ1v) is 7.55. The molecule has 4 heteroatoms. The Morgan fingerprint density at radius 1 is 1.45 bits per heavy atom. The number of hydrogen-bond donors (Lipinski definition) is 1. The second-order valence-electron chi connectivity index (χ2n) is 6.39. The van der Waals surface area contributed by atoms with Crippen LogP contribution in [0.5, 0.6) is 0 Å². The van der Waals surface area contributed by atoms with Crippen LogP contribution in [-0.4, -0.2) is 29.0 Å². The van der Waals surface area contributed by atoms with Crippen molar-refractivity contribution in [3.8, 4) is 0 Å². The van der Waals surface area contributed by atoms with Crippen molar-refractivity contribution in [2.75, 3.05) is 7.05 Å². The number of amides is 2. The van der Waals surface area contributed by atoms with Crippen molar-refractivity contribution in [2.24, 2.45) is 11.8 Å². The van der Waals surface area contributed by atoms with Gasteiger partial charge in [0.25, 0.3) is 0 Å². The van der Waals surface area contributed by atoms with Crippen LogP contribution in [-0.2, 0) is 6.54 Å². The number of hydrogen-bond acceptors (Lipinski definition) is 2. The highest BCUT2D eigenvalue weighted by Gasteiger charge is 2.40. The van der Waals surface area contributed by atoms with Crippen molar-refractivity contribution in [2.45, 2.75) is 45.2 Å². The lowest BCUT2D eigenvalue weighted by Crippen LogP contribution is -2.44. The van der Waals surface area contributed by atoms with Crippen LogP contribution in [0.15, 0.2) is 18.3 Å². The topological polar surface area (TPSA) is 45.2 Å². The highest BCUT2D eigenvalue weighted by atomic mass is 16.2. The van der Waals surface area contributed by atoms with Crippen LogP contribution in [0.2, 0.25) is 0 Å². The van der Waals surface area contributed by atoms with Gasteiger partial charge in [-0.2, -0.15) is 0 Å². The molecule has 0 aromatic carbocycles. The summed E-state index contributed by atoms with van der Waals surface area (Å²) < 4.78 is 0. The summed E-state index contributed by atoms with van der Waals surface area (Å²) in [6, 6.07) is 4.45. The Bertz CT molecular complexity index is 502. The smallest absolute Gasteiger partial charge is 0.317 e. The van der Waals surface area contributed by atoms with Crippen LogP contribution < -0.4 is 5.32 Å². The van der Waals surface area contributed by atoms with Gasteiger partial charge < -0.3 is 10.2 Å². The minimum atomic E-state index is 0.0528. The molecule has 2 fully saturated rings. The van der Waals surface area contributed by atoms with Gasteiger partial charge in [0.2, 0.25) is 0 Å². The van der Waals surface area contributed by atoms with Crippen molar-refractivity contribution < 1.29 is 4.79 Å². The third-order valence-electron chi connectivity index (χ3n) is 4.77. The quantitative estimate of drug-likeness (QED) is 0.920. The van der Waals surface area contributed by atoms with Gasteiger partial charge in [0.05, 0.1) is 0 Å². The van der Waals surface area contributed by atoms with Gasteiger partial charge in [-0.15, -0.1) is 0 Å². The van der Waals surface area contributed by atoms with E-state index in [4.69, 9.17) is 0 Å². The Hall–Kier alpha value is -1.58. The number of aryl methyl sites for hydroxylation is 1. The van der Waals surface area contributed by atoms with Crippen molar-refractivity contribution in [3.63, 3.8) is 0 Å². The van der Waals surface area contributed by atoms with Crippen molar-refractivity contribution >= 4 is 6.03 Å². The Morgan fingerprint density at radius 2 is 2.30 bits per heavy atom. The predicted octanol–water partition coefficient (Wildman–Crippen LogP) is 2.72. The molecular formula is C16H23N3O. The van der Waals surface area contributed by atoms with E-state index in [2.05, 4.69) is 10.3 Å². The molecule has 1 N–H and O–H groups in total. The molecule has 0 saturated heterocycles. The fourth-order valence-corrected chi connectivity index (χ4v) is 3.74. The second kappa shape index (κ2) is 5.43. The summed E-state index contributed by atoms with van der Waals surface area (Å²) in [4.78, 5) is 18.2. The molecule has 108 valence electrons. The zero-order valence-electron chi connectivity index (χ0n) is 12.3. The van der Waals surface area contributed by atoms with E-state index < -0.39 is 0 Å². The van der Waals surface area contributed by atoms with Gasteiger partial charge in [0, 0.05) is 31.5 Å². The minimum absolute atomic E-state index is 0.0528. The van der Waals surface area contributed by atoms with E-state index in [0.717, 1.165) is 23.1 Å². The molecule has 0 radical (unpaired) electrons. The highest BCUT2D eigenvalue weighted by molar-refractivity contribution is 5.74. The number of carbonyl (C=O) groups is 1. The van der Waals surface area contributed by atoms with Gasteiger partial charge in [0.15, 0.2) is 0 Å². The number of urea groups is 1. The third kappa shape index (κ3) is 2.79. The lowest BCUT2D eigenvalue weighted by Gasteiger charge is -2.26. The van der Waals surface area contributed by atoms with E-state index in [-0.39, 0.29) is 6.03 Å². The molecule has 1 aromatic rings. The molecule has 1 aromatic heterocycles. The van der Waals surface area contributed by atoms with Gasteiger partial charge in [-0.05, 0) is 55.7 Å². The standard InChI is InChI=1S/C16H23N3O/c1-11-7-13(5-6-17-11)10-19(2)16(20)18-15-9-12-3-4-14(15)8-12/h5-7,12,14-15H,3-4,8-10H2,1-2H3,(H,18,20)/t12-,14+,15+/m0/s1. The van der Waals surface area contributed by atoms with E-state index in [1.54, 1.807) is 11.1 Å². The van der Waals surface area contributed by atoms with Gasteiger partial charge in [-0.1, -0.05) is 6.42 Å². The minimum Gasteiger partial charge on any atom is -0.335 e. The number of fused-ring (bicyclic) bond motifs is 2. The van der Waals surface area contributed by atoms with Gasteiger partial charge in [-0.25, -0.2) is 4.79 Å². The average Bonchev–Trinajstić information content (AvgIpc) is 3.01. The Labute approximate surface area is 120 Å². The Balaban J connectivity index is 1.54. The molecule has 2 aliphatic rings. The lowest BCUT2D eigenvalue weighted by molar-refractivity contribution is 0.197. The van der Waals surface area contributed by atoms with E-state index in [9.17, 15) is 4.79 Å². The van der Waals surface area contributed by atoms with Crippen LogP contribution in [0.1, 0.15) is 36.9 Å². The number of rotatable bonds is 3. The molecule has 3 rings (SSSR count). The molecule has 1 heterocycles. The van der Waals surface area contributed by atoms with Crippen LogP contribution in [0.3, 0.4) is 0 Å². The average molecular weight is 273 g/mol. The molecule has 2 saturated carbocycles. The maximum absolute atomic E-state index is 12.3. The molecule has 4 nitrogen and oxygen atoms in total. The molecule has 0 unspecified atom stereocenters. The summed E-state index contributed by atoms with van der Waals surface area (Å²) in [5.41, 5.74) is 2.12. The van der Waals surface area contributed by atoms with E-state index in [0.29, 0.717) is 12.6 Å². The van der Waals surface area contributed by atoms with Crippen LogP contribution in [0.4, 0.5) is 4.79 Å². The first kappa shape index (κ1) is 13.4.